The van der Waals surface area contributed by atoms with E-state index in [2.05, 4.69) is 5.32 Å². The molecule has 1 aliphatic heterocycles. The number of carbonyl (C=O) groups is 1. The van der Waals surface area contributed by atoms with Gasteiger partial charge in [-0.25, -0.2) is 4.98 Å². The first kappa shape index (κ1) is 17.8. The van der Waals surface area contributed by atoms with Crippen molar-refractivity contribution in [3.05, 3.63) is 15.6 Å². The smallest absolute Gasteiger partial charge is 0.248 e. The van der Waals surface area contributed by atoms with E-state index in [1.165, 1.54) is 36.3 Å². The van der Waals surface area contributed by atoms with Gasteiger partial charge in [-0.15, -0.1) is 11.3 Å². The van der Waals surface area contributed by atoms with E-state index in [9.17, 15) is 4.79 Å². The summed E-state index contributed by atoms with van der Waals surface area (Å²) in [5.41, 5.74) is 1.29. The number of carbonyl (C=O) groups excluding carboxylic acids is 1. The van der Waals surface area contributed by atoms with Crippen molar-refractivity contribution < 1.29 is 14.3 Å². The van der Waals surface area contributed by atoms with Crippen LogP contribution in [0.15, 0.2) is 0 Å². The van der Waals surface area contributed by atoms with E-state index >= 15 is 0 Å². The van der Waals surface area contributed by atoms with Crippen LogP contribution in [0.3, 0.4) is 0 Å². The van der Waals surface area contributed by atoms with Crippen molar-refractivity contribution in [3.63, 3.8) is 0 Å². The van der Waals surface area contributed by atoms with Gasteiger partial charge in [-0.2, -0.15) is 0 Å². The van der Waals surface area contributed by atoms with Gasteiger partial charge in [0.25, 0.3) is 0 Å². The molecular weight excluding hydrogens is 324 g/mol. The van der Waals surface area contributed by atoms with Crippen molar-refractivity contribution in [2.24, 2.45) is 0 Å². The molecule has 2 heterocycles. The van der Waals surface area contributed by atoms with E-state index in [0.29, 0.717) is 13.2 Å². The van der Waals surface area contributed by atoms with E-state index in [4.69, 9.17) is 14.5 Å². The van der Waals surface area contributed by atoms with Crippen LogP contribution in [0, 0.1) is 0 Å². The molecule has 1 aliphatic carbocycles. The Morgan fingerprint density at radius 1 is 1.38 bits per heavy atom. The molecule has 2 aliphatic rings. The van der Waals surface area contributed by atoms with E-state index in [-0.39, 0.29) is 12.0 Å². The highest BCUT2D eigenvalue weighted by atomic mass is 32.1. The SMILES string of the molecule is CC(OCC1CCCCO1)C(=O)NCCc1nc2c(s1)CCCC2. The van der Waals surface area contributed by atoms with E-state index in [1.807, 2.05) is 11.3 Å². The highest BCUT2D eigenvalue weighted by Crippen LogP contribution is 2.26. The standard InChI is InChI=1S/C18H28N2O3S/c1-13(23-12-14-6-4-5-11-22-14)18(21)19-10-9-17-20-15-7-2-3-8-16(15)24-17/h13-14H,2-12H2,1H3,(H,19,21). The van der Waals surface area contributed by atoms with Crippen molar-refractivity contribution in [1.82, 2.24) is 10.3 Å². The first-order valence-electron chi connectivity index (χ1n) is 9.21. The Balaban J connectivity index is 1.34. The minimum atomic E-state index is -0.431. The molecule has 0 radical (unpaired) electrons. The van der Waals surface area contributed by atoms with Gasteiger partial charge in [-0.05, 0) is 51.9 Å². The number of ether oxygens (including phenoxy) is 2. The molecule has 1 aromatic rings. The van der Waals surface area contributed by atoms with E-state index in [0.717, 1.165) is 37.3 Å². The maximum Gasteiger partial charge on any atom is 0.248 e. The largest absolute Gasteiger partial charge is 0.376 e. The predicted octanol–water partition coefficient (Wildman–Crippen LogP) is 2.65. The normalized spacial score (nSPS) is 22.0. The molecule has 0 saturated carbocycles. The molecule has 1 fully saturated rings. The molecule has 0 spiro atoms. The Morgan fingerprint density at radius 2 is 2.25 bits per heavy atom. The van der Waals surface area contributed by atoms with Gasteiger partial charge < -0.3 is 14.8 Å². The van der Waals surface area contributed by atoms with Crippen LogP contribution in [0.1, 0.15) is 54.6 Å². The number of thiazole rings is 1. The topological polar surface area (TPSA) is 60.5 Å². The van der Waals surface area contributed by atoms with Crippen molar-refractivity contribution in [2.75, 3.05) is 19.8 Å². The van der Waals surface area contributed by atoms with Gasteiger partial charge in [0.15, 0.2) is 0 Å². The molecule has 2 unspecified atom stereocenters. The number of nitrogens with zero attached hydrogens (tertiary/aromatic N) is 1. The molecular formula is C18H28N2O3S. The lowest BCUT2D eigenvalue weighted by Crippen LogP contribution is -2.37. The first-order valence-corrected chi connectivity index (χ1v) is 10.0. The second kappa shape index (κ2) is 8.92. The van der Waals surface area contributed by atoms with Crippen LogP contribution in [0.4, 0.5) is 0 Å². The number of rotatable bonds is 7. The van der Waals surface area contributed by atoms with E-state index < -0.39 is 6.10 Å². The fourth-order valence-electron chi connectivity index (χ4n) is 3.21. The molecule has 5 nitrogen and oxygen atoms in total. The van der Waals surface area contributed by atoms with Gasteiger partial charge in [0.05, 0.1) is 23.4 Å². The number of amides is 1. The molecule has 24 heavy (non-hydrogen) atoms. The molecule has 0 bridgehead atoms. The summed E-state index contributed by atoms with van der Waals surface area (Å²) in [6.45, 7) is 3.75. The number of aryl methyl sites for hydroxylation is 2. The monoisotopic (exact) mass is 352 g/mol. The molecule has 1 amide bonds. The lowest BCUT2D eigenvalue weighted by Gasteiger charge is -2.23. The van der Waals surface area contributed by atoms with Crippen molar-refractivity contribution >= 4 is 17.2 Å². The second-order valence-corrected chi connectivity index (χ2v) is 7.86. The Labute approximate surface area is 148 Å². The summed E-state index contributed by atoms with van der Waals surface area (Å²) in [4.78, 5) is 18.3. The fraction of sp³-hybridized carbons (Fsp3) is 0.778. The molecule has 1 aromatic heterocycles. The fourth-order valence-corrected chi connectivity index (χ4v) is 4.37. The van der Waals surface area contributed by atoms with Gasteiger partial charge in [0.2, 0.25) is 5.91 Å². The lowest BCUT2D eigenvalue weighted by molar-refractivity contribution is -0.135. The molecule has 1 saturated heterocycles. The molecule has 6 heteroatoms. The molecule has 3 rings (SSSR count). The summed E-state index contributed by atoms with van der Waals surface area (Å²) in [7, 11) is 0. The Kier molecular flexibility index (Phi) is 6.63. The van der Waals surface area contributed by atoms with Gasteiger partial charge in [0.1, 0.15) is 6.10 Å². The average Bonchev–Trinajstić information content (AvgIpc) is 3.03. The van der Waals surface area contributed by atoms with Gasteiger partial charge in [-0.1, -0.05) is 0 Å². The van der Waals surface area contributed by atoms with Gasteiger partial charge >= 0.3 is 0 Å². The quantitative estimate of drug-likeness (QED) is 0.819. The van der Waals surface area contributed by atoms with Gasteiger partial charge in [-0.3, -0.25) is 4.79 Å². The minimum absolute atomic E-state index is 0.0490. The Morgan fingerprint density at radius 3 is 3.04 bits per heavy atom. The average molecular weight is 353 g/mol. The van der Waals surface area contributed by atoms with Crippen LogP contribution >= 0.6 is 11.3 Å². The molecule has 1 N–H and O–H groups in total. The van der Waals surface area contributed by atoms with Crippen molar-refractivity contribution in [1.29, 1.82) is 0 Å². The number of fused-ring (bicyclic) bond motifs is 1. The van der Waals surface area contributed by atoms with Crippen molar-refractivity contribution in [3.8, 4) is 0 Å². The van der Waals surface area contributed by atoms with Crippen LogP contribution in [0.25, 0.3) is 0 Å². The molecule has 2 atom stereocenters. The maximum absolute atomic E-state index is 12.1. The Hall–Kier alpha value is -0.980. The summed E-state index contributed by atoms with van der Waals surface area (Å²) < 4.78 is 11.3. The number of hydrogen-bond acceptors (Lipinski definition) is 5. The third kappa shape index (κ3) is 5.01. The highest BCUT2D eigenvalue weighted by molar-refractivity contribution is 7.11. The zero-order valence-electron chi connectivity index (χ0n) is 14.5. The van der Waals surface area contributed by atoms with Gasteiger partial charge in [0, 0.05) is 24.4 Å². The zero-order chi connectivity index (χ0) is 16.8. The summed E-state index contributed by atoms with van der Waals surface area (Å²) in [5, 5.41) is 4.11. The predicted molar refractivity (Wildman–Crippen MR) is 94.5 cm³/mol. The summed E-state index contributed by atoms with van der Waals surface area (Å²) in [5.74, 6) is -0.0490. The zero-order valence-corrected chi connectivity index (χ0v) is 15.3. The maximum atomic E-state index is 12.1. The van der Waals surface area contributed by atoms with E-state index in [1.54, 1.807) is 6.92 Å². The number of aromatic nitrogens is 1. The second-order valence-electron chi connectivity index (χ2n) is 6.69. The van der Waals surface area contributed by atoms with Crippen LogP contribution in [0.5, 0.6) is 0 Å². The first-order chi connectivity index (χ1) is 11.7. The van der Waals surface area contributed by atoms with Crippen LogP contribution in [-0.2, 0) is 33.5 Å². The van der Waals surface area contributed by atoms with Crippen molar-refractivity contribution in [2.45, 2.75) is 70.5 Å². The number of nitrogens with one attached hydrogen (secondary N) is 1. The van der Waals surface area contributed by atoms with Crippen LogP contribution in [-0.4, -0.2) is 42.9 Å². The molecule has 0 aromatic carbocycles. The Bertz CT molecular complexity index is 517. The molecule has 134 valence electrons. The lowest BCUT2D eigenvalue weighted by atomic mass is 10.0. The van der Waals surface area contributed by atoms with Crippen LogP contribution < -0.4 is 5.32 Å². The van der Waals surface area contributed by atoms with Crippen LogP contribution in [0.2, 0.25) is 0 Å². The highest BCUT2D eigenvalue weighted by Gasteiger charge is 2.19. The summed E-state index contributed by atoms with van der Waals surface area (Å²) in [6, 6.07) is 0. The third-order valence-electron chi connectivity index (χ3n) is 4.70. The number of hydrogen-bond donors (Lipinski definition) is 1. The summed E-state index contributed by atoms with van der Waals surface area (Å²) in [6.07, 6.45) is 8.71. The summed E-state index contributed by atoms with van der Waals surface area (Å²) >= 11 is 1.81. The minimum Gasteiger partial charge on any atom is -0.376 e. The third-order valence-corrected chi connectivity index (χ3v) is 5.92.